The predicted octanol–water partition coefficient (Wildman–Crippen LogP) is 2.26. The van der Waals surface area contributed by atoms with Gasteiger partial charge < -0.3 is 9.64 Å². The number of rotatable bonds is 2. The highest BCUT2D eigenvalue weighted by atomic mass is 32.2. The molecule has 1 aromatic heterocycles. The zero-order chi connectivity index (χ0) is 14.0. The summed E-state index contributed by atoms with van der Waals surface area (Å²) in [6.45, 7) is 6.59. The summed E-state index contributed by atoms with van der Waals surface area (Å²) in [5, 5.41) is 1.77. The summed E-state index contributed by atoms with van der Waals surface area (Å²) in [7, 11) is -1.13. The van der Waals surface area contributed by atoms with Crippen LogP contribution >= 0.6 is 11.3 Å². The number of amides is 1. The molecule has 1 aliphatic heterocycles. The van der Waals surface area contributed by atoms with E-state index >= 15 is 0 Å². The van der Waals surface area contributed by atoms with Gasteiger partial charge in [-0.15, -0.1) is 11.3 Å². The highest BCUT2D eigenvalue weighted by Gasteiger charge is 2.33. The molecule has 2 atom stereocenters. The van der Waals surface area contributed by atoms with Crippen molar-refractivity contribution in [2.24, 2.45) is 0 Å². The first-order valence-electron chi connectivity index (χ1n) is 6.15. The number of aromatic nitrogens is 1. The van der Waals surface area contributed by atoms with Gasteiger partial charge in [0, 0.05) is 24.7 Å². The van der Waals surface area contributed by atoms with E-state index in [9.17, 15) is 9.00 Å². The predicted molar refractivity (Wildman–Crippen MR) is 74.7 cm³/mol. The Morgan fingerprint density at radius 2 is 2.32 bits per heavy atom. The lowest BCUT2D eigenvalue weighted by molar-refractivity contribution is 0.0295. The maximum atomic E-state index is 12.2. The van der Waals surface area contributed by atoms with Gasteiger partial charge in [-0.2, -0.15) is 0 Å². The highest BCUT2D eigenvalue weighted by molar-refractivity contribution is 7.87. The largest absolute Gasteiger partial charge is 0.444 e. The van der Waals surface area contributed by atoms with Crippen molar-refractivity contribution in [1.82, 2.24) is 9.88 Å². The van der Waals surface area contributed by atoms with Crippen molar-refractivity contribution in [3.63, 3.8) is 0 Å². The van der Waals surface area contributed by atoms with Crippen LogP contribution < -0.4 is 0 Å². The van der Waals surface area contributed by atoms with E-state index in [0.717, 1.165) is 6.42 Å². The van der Waals surface area contributed by atoms with Crippen molar-refractivity contribution in [3.05, 3.63) is 11.6 Å². The van der Waals surface area contributed by atoms with Gasteiger partial charge in [-0.05, 0) is 27.2 Å². The van der Waals surface area contributed by atoms with Crippen molar-refractivity contribution in [2.45, 2.75) is 42.4 Å². The van der Waals surface area contributed by atoms with Gasteiger partial charge in [0.25, 0.3) is 0 Å². The van der Waals surface area contributed by atoms with Gasteiger partial charge >= 0.3 is 6.09 Å². The van der Waals surface area contributed by atoms with E-state index < -0.39 is 16.4 Å². The average molecular weight is 302 g/mol. The van der Waals surface area contributed by atoms with Gasteiger partial charge in [0.05, 0.1) is 16.0 Å². The van der Waals surface area contributed by atoms with E-state index in [2.05, 4.69) is 4.98 Å². The number of carbonyl (C=O) groups is 1. The van der Waals surface area contributed by atoms with Gasteiger partial charge in [-0.1, -0.05) is 0 Å². The zero-order valence-corrected chi connectivity index (χ0v) is 12.9. The van der Waals surface area contributed by atoms with Gasteiger partial charge in [0.15, 0.2) is 4.34 Å². The Morgan fingerprint density at radius 3 is 2.89 bits per heavy atom. The lowest BCUT2D eigenvalue weighted by atomic mass is 10.2. The van der Waals surface area contributed by atoms with Crippen molar-refractivity contribution >= 4 is 28.2 Å². The third kappa shape index (κ3) is 3.76. The molecule has 0 spiro atoms. The van der Waals surface area contributed by atoms with E-state index in [4.69, 9.17) is 4.74 Å². The number of nitrogens with zero attached hydrogens (tertiary/aromatic N) is 2. The standard InChI is InChI=1S/C12H18N2O3S2/c1-12(2,3)17-11(15)14-6-4-9(8-14)19(16)10-13-5-7-18-10/h5,7,9H,4,6,8H2,1-3H3/t9-,19+/m0/s1. The van der Waals surface area contributed by atoms with Crippen molar-refractivity contribution < 1.29 is 13.7 Å². The van der Waals surface area contributed by atoms with Gasteiger partial charge in [-0.25, -0.2) is 9.78 Å². The van der Waals surface area contributed by atoms with Gasteiger partial charge in [0.2, 0.25) is 0 Å². The second-order valence-corrected chi connectivity index (χ2v) is 8.23. The quantitative estimate of drug-likeness (QED) is 0.841. The summed E-state index contributed by atoms with van der Waals surface area (Å²) in [5.74, 6) is 0. The second kappa shape index (κ2) is 5.58. The SMILES string of the molecule is CC(C)(C)OC(=O)N1CC[C@H]([S@@](=O)c2nccs2)C1. The third-order valence-electron chi connectivity index (χ3n) is 2.68. The van der Waals surface area contributed by atoms with Crippen LogP contribution in [0.4, 0.5) is 4.79 Å². The van der Waals surface area contributed by atoms with Crippen LogP contribution in [0.5, 0.6) is 0 Å². The fourth-order valence-electron chi connectivity index (χ4n) is 1.85. The Morgan fingerprint density at radius 1 is 1.58 bits per heavy atom. The fourth-order valence-corrected chi connectivity index (χ4v) is 4.25. The minimum Gasteiger partial charge on any atom is -0.444 e. The average Bonchev–Trinajstić information content (AvgIpc) is 2.98. The molecular weight excluding hydrogens is 284 g/mol. The number of hydrogen-bond donors (Lipinski definition) is 0. The van der Waals surface area contributed by atoms with E-state index in [-0.39, 0.29) is 11.3 Å². The van der Waals surface area contributed by atoms with Gasteiger partial charge in [0.1, 0.15) is 5.60 Å². The molecular formula is C12H18N2O3S2. The molecule has 0 aromatic carbocycles. The molecule has 1 aliphatic rings. The summed E-state index contributed by atoms with van der Waals surface area (Å²) >= 11 is 1.39. The minimum atomic E-state index is -1.13. The number of likely N-dealkylation sites (tertiary alicyclic amines) is 1. The molecule has 0 bridgehead atoms. The smallest absolute Gasteiger partial charge is 0.410 e. The molecule has 7 heteroatoms. The van der Waals surface area contributed by atoms with Gasteiger partial charge in [-0.3, -0.25) is 4.21 Å². The van der Waals surface area contributed by atoms with Crippen LogP contribution in [0.1, 0.15) is 27.2 Å². The summed E-state index contributed by atoms with van der Waals surface area (Å²) < 4.78 is 18.2. The Balaban J connectivity index is 1.93. The molecule has 2 rings (SSSR count). The van der Waals surface area contributed by atoms with E-state index in [1.807, 2.05) is 26.2 Å². The molecule has 1 amide bonds. The fraction of sp³-hybridized carbons (Fsp3) is 0.667. The Kier molecular flexibility index (Phi) is 4.25. The normalized spacial score (nSPS) is 21.4. The first kappa shape index (κ1) is 14.5. The molecule has 0 aliphatic carbocycles. The van der Waals surface area contributed by atoms with E-state index in [1.165, 1.54) is 11.3 Å². The maximum absolute atomic E-state index is 12.2. The van der Waals surface area contributed by atoms with Crippen LogP contribution in [0.25, 0.3) is 0 Å². The maximum Gasteiger partial charge on any atom is 0.410 e. The lowest BCUT2D eigenvalue weighted by Crippen LogP contribution is -2.36. The van der Waals surface area contributed by atoms with Crippen LogP contribution in [-0.2, 0) is 15.5 Å². The summed E-state index contributed by atoms with van der Waals surface area (Å²) in [5.41, 5.74) is -0.496. The monoisotopic (exact) mass is 302 g/mol. The summed E-state index contributed by atoms with van der Waals surface area (Å²) in [6, 6.07) is 0. The molecule has 1 saturated heterocycles. The van der Waals surface area contributed by atoms with Crippen LogP contribution in [0, 0.1) is 0 Å². The van der Waals surface area contributed by atoms with Crippen LogP contribution in [0.3, 0.4) is 0 Å². The van der Waals surface area contributed by atoms with Crippen molar-refractivity contribution in [1.29, 1.82) is 0 Å². The van der Waals surface area contributed by atoms with E-state index in [0.29, 0.717) is 17.4 Å². The Bertz CT molecular complexity index is 468. The van der Waals surface area contributed by atoms with Crippen LogP contribution in [0.2, 0.25) is 0 Å². The Labute approximate surface area is 119 Å². The zero-order valence-electron chi connectivity index (χ0n) is 11.3. The molecule has 0 unspecified atom stereocenters. The number of hydrogen-bond acceptors (Lipinski definition) is 5. The molecule has 0 N–H and O–H groups in total. The number of thiazole rings is 1. The number of carbonyl (C=O) groups excluding carboxylic acids is 1. The third-order valence-corrected chi connectivity index (χ3v) is 5.47. The Hall–Kier alpha value is -0.950. The van der Waals surface area contributed by atoms with Crippen LogP contribution in [0.15, 0.2) is 15.9 Å². The number of ether oxygens (including phenoxy) is 1. The first-order chi connectivity index (χ1) is 8.87. The van der Waals surface area contributed by atoms with Crippen LogP contribution in [-0.4, -0.2) is 44.1 Å². The highest BCUT2D eigenvalue weighted by Crippen LogP contribution is 2.23. The molecule has 0 radical (unpaired) electrons. The minimum absolute atomic E-state index is 0.0429. The molecule has 106 valence electrons. The lowest BCUT2D eigenvalue weighted by Gasteiger charge is -2.24. The molecule has 19 heavy (non-hydrogen) atoms. The topological polar surface area (TPSA) is 59.5 Å². The molecule has 1 fully saturated rings. The molecule has 0 saturated carbocycles. The summed E-state index contributed by atoms with van der Waals surface area (Å²) in [6.07, 6.45) is 2.05. The van der Waals surface area contributed by atoms with Crippen molar-refractivity contribution in [3.8, 4) is 0 Å². The van der Waals surface area contributed by atoms with E-state index in [1.54, 1.807) is 11.1 Å². The summed E-state index contributed by atoms with van der Waals surface area (Å²) in [4.78, 5) is 17.6. The van der Waals surface area contributed by atoms with Crippen molar-refractivity contribution in [2.75, 3.05) is 13.1 Å². The molecule has 1 aromatic rings. The molecule has 5 nitrogen and oxygen atoms in total. The second-order valence-electron chi connectivity index (χ2n) is 5.43. The first-order valence-corrected chi connectivity index (χ1v) is 8.24. The molecule has 2 heterocycles.